The predicted molar refractivity (Wildman–Crippen MR) is 98.5 cm³/mol. The maximum atomic E-state index is 11.7. The molecule has 2 aromatic carbocycles. The van der Waals surface area contributed by atoms with Crippen LogP contribution in [-0.2, 0) is 9.84 Å². The molecule has 1 aliphatic rings. The van der Waals surface area contributed by atoms with Gasteiger partial charge in [-0.25, -0.2) is 8.42 Å². The average molecular weight is 376 g/mol. The third kappa shape index (κ3) is 3.50. The molecule has 1 fully saturated rings. The van der Waals surface area contributed by atoms with E-state index in [9.17, 15) is 18.5 Å². The van der Waals surface area contributed by atoms with Gasteiger partial charge in [0.15, 0.2) is 9.84 Å². The number of methoxy groups -OCH3 is 1. The van der Waals surface area contributed by atoms with E-state index in [2.05, 4.69) is 0 Å². The number of nitro benzene ring substituents is 1. The summed E-state index contributed by atoms with van der Waals surface area (Å²) in [5, 5.41) is 11.6. The molecular formula is C18H20N2O5S. The van der Waals surface area contributed by atoms with E-state index in [1.165, 1.54) is 12.1 Å². The van der Waals surface area contributed by atoms with Crippen molar-refractivity contribution in [2.75, 3.05) is 24.8 Å². The highest BCUT2D eigenvalue weighted by molar-refractivity contribution is 7.90. The van der Waals surface area contributed by atoms with Crippen molar-refractivity contribution in [2.24, 2.45) is 0 Å². The van der Waals surface area contributed by atoms with E-state index in [-0.39, 0.29) is 16.6 Å². The lowest BCUT2D eigenvalue weighted by atomic mass is 10.0. The fourth-order valence-electron chi connectivity index (χ4n) is 3.37. The Morgan fingerprint density at radius 3 is 2.65 bits per heavy atom. The molecule has 1 atom stereocenters. The molecule has 0 spiro atoms. The molecule has 0 radical (unpaired) electrons. The third-order valence-corrected chi connectivity index (χ3v) is 5.72. The van der Waals surface area contributed by atoms with E-state index in [0.29, 0.717) is 12.2 Å². The Kier molecular flexibility index (Phi) is 4.86. The molecule has 0 N–H and O–H groups in total. The summed E-state index contributed by atoms with van der Waals surface area (Å²) >= 11 is 0. The van der Waals surface area contributed by atoms with Crippen molar-refractivity contribution in [3.05, 3.63) is 58.1 Å². The standard InChI is InChI=1S/C18H20N2O5S/c1-25-14-6-3-5-13(11-14)16-7-4-10-19(16)17-9-8-15(26(2,23)24)12-18(17)20(21)22/h3,5-6,8-9,11-12,16H,4,7,10H2,1-2H3. The smallest absolute Gasteiger partial charge is 0.293 e. The normalized spacial score (nSPS) is 17.3. The fourth-order valence-corrected chi connectivity index (χ4v) is 4.01. The molecule has 0 aliphatic carbocycles. The third-order valence-electron chi connectivity index (χ3n) is 4.61. The molecular weight excluding hydrogens is 356 g/mol. The van der Waals surface area contributed by atoms with Crippen LogP contribution in [0, 0.1) is 10.1 Å². The zero-order valence-corrected chi connectivity index (χ0v) is 15.4. The monoisotopic (exact) mass is 376 g/mol. The molecule has 1 heterocycles. The second-order valence-corrected chi connectivity index (χ2v) is 8.32. The van der Waals surface area contributed by atoms with Gasteiger partial charge in [-0.15, -0.1) is 0 Å². The molecule has 0 saturated carbocycles. The number of ether oxygens (including phenoxy) is 1. The van der Waals surface area contributed by atoms with Crippen LogP contribution in [0.5, 0.6) is 5.75 Å². The van der Waals surface area contributed by atoms with Crippen molar-refractivity contribution >= 4 is 21.2 Å². The van der Waals surface area contributed by atoms with Crippen LogP contribution in [0.3, 0.4) is 0 Å². The molecule has 0 aromatic heterocycles. The van der Waals surface area contributed by atoms with Crippen LogP contribution in [0.1, 0.15) is 24.4 Å². The minimum absolute atomic E-state index is 0.0205. The molecule has 1 saturated heterocycles. The first kappa shape index (κ1) is 18.2. The number of hydrogen-bond donors (Lipinski definition) is 0. The van der Waals surface area contributed by atoms with Crippen molar-refractivity contribution in [1.82, 2.24) is 0 Å². The molecule has 2 aromatic rings. The average Bonchev–Trinajstić information content (AvgIpc) is 3.10. The molecule has 26 heavy (non-hydrogen) atoms. The van der Waals surface area contributed by atoms with Gasteiger partial charge in [0, 0.05) is 18.9 Å². The van der Waals surface area contributed by atoms with Gasteiger partial charge in [0.05, 0.1) is 23.0 Å². The van der Waals surface area contributed by atoms with E-state index >= 15 is 0 Å². The Balaban J connectivity index is 2.05. The van der Waals surface area contributed by atoms with Crippen molar-refractivity contribution in [3.63, 3.8) is 0 Å². The molecule has 3 rings (SSSR count). The van der Waals surface area contributed by atoms with Gasteiger partial charge < -0.3 is 9.64 Å². The lowest BCUT2D eigenvalue weighted by Crippen LogP contribution is -2.23. The molecule has 138 valence electrons. The van der Waals surface area contributed by atoms with E-state index in [4.69, 9.17) is 4.74 Å². The van der Waals surface area contributed by atoms with Gasteiger partial charge in [0.25, 0.3) is 5.69 Å². The summed E-state index contributed by atoms with van der Waals surface area (Å²) in [5.41, 5.74) is 1.26. The molecule has 0 amide bonds. The highest BCUT2D eigenvalue weighted by atomic mass is 32.2. The number of anilines is 1. The first-order valence-corrected chi connectivity index (χ1v) is 10.1. The topological polar surface area (TPSA) is 89.8 Å². The van der Waals surface area contributed by atoms with E-state index in [1.54, 1.807) is 7.11 Å². The fraction of sp³-hybridized carbons (Fsp3) is 0.333. The lowest BCUT2D eigenvalue weighted by molar-refractivity contribution is -0.384. The van der Waals surface area contributed by atoms with Gasteiger partial charge in [0.1, 0.15) is 11.4 Å². The second kappa shape index (κ2) is 6.95. The van der Waals surface area contributed by atoms with Crippen LogP contribution in [0.15, 0.2) is 47.4 Å². The SMILES string of the molecule is COc1cccc(C2CCCN2c2ccc(S(C)(=O)=O)cc2[N+](=O)[O-])c1. The second-order valence-electron chi connectivity index (χ2n) is 6.31. The summed E-state index contributed by atoms with van der Waals surface area (Å²) in [4.78, 5) is 13.0. The van der Waals surface area contributed by atoms with Crippen molar-refractivity contribution in [2.45, 2.75) is 23.8 Å². The summed E-state index contributed by atoms with van der Waals surface area (Å²) in [6.45, 7) is 0.668. The Morgan fingerprint density at radius 1 is 1.23 bits per heavy atom. The van der Waals surface area contributed by atoms with E-state index < -0.39 is 14.8 Å². The number of nitro groups is 1. The molecule has 1 aliphatic heterocycles. The van der Waals surface area contributed by atoms with Crippen LogP contribution in [0.25, 0.3) is 0 Å². The first-order valence-electron chi connectivity index (χ1n) is 8.20. The van der Waals surface area contributed by atoms with Crippen LogP contribution in [0.4, 0.5) is 11.4 Å². The molecule has 8 heteroatoms. The number of sulfone groups is 1. The summed E-state index contributed by atoms with van der Waals surface area (Å²) in [6, 6.07) is 11.7. The molecule has 0 bridgehead atoms. The van der Waals surface area contributed by atoms with Crippen molar-refractivity contribution in [1.29, 1.82) is 0 Å². The van der Waals surface area contributed by atoms with Gasteiger partial charge in [-0.05, 0) is 42.7 Å². The summed E-state index contributed by atoms with van der Waals surface area (Å²) in [7, 11) is -1.92. The Hall–Kier alpha value is -2.61. The first-order chi connectivity index (χ1) is 12.3. The Labute approximate surface area is 152 Å². The van der Waals surface area contributed by atoms with E-state index in [0.717, 1.165) is 36.5 Å². The Morgan fingerprint density at radius 2 is 2.00 bits per heavy atom. The minimum Gasteiger partial charge on any atom is -0.497 e. The summed E-state index contributed by atoms with van der Waals surface area (Å²) < 4.78 is 28.8. The van der Waals surface area contributed by atoms with E-state index in [1.807, 2.05) is 29.2 Å². The van der Waals surface area contributed by atoms with Gasteiger partial charge in [-0.3, -0.25) is 10.1 Å². The number of nitrogens with zero attached hydrogens (tertiary/aromatic N) is 2. The molecule has 1 unspecified atom stereocenters. The highest BCUT2D eigenvalue weighted by Crippen LogP contribution is 2.41. The largest absolute Gasteiger partial charge is 0.497 e. The minimum atomic E-state index is -3.51. The maximum absolute atomic E-state index is 11.7. The number of benzene rings is 2. The van der Waals surface area contributed by atoms with Gasteiger partial charge in [0.2, 0.25) is 0 Å². The van der Waals surface area contributed by atoms with Gasteiger partial charge in [-0.2, -0.15) is 0 Å². The molecule has 7 nitrogen and oxygen atoms in total. The zero-order chi connectivity index (χ0) is 18.9. The van der Waals surface area contributed by atoms with Crippen molar-refractivity contribution in [3.8, 4) is 5.75 Å². The Bertz CT molecular complexity index is 942. The summed E-state index contributed by atoms with van der Waals surface area (Å²) in [6.07, 6.45) is 2.80. The predicted octanol–water partition coefficient (Wildman–Crippen LogP) is 3.35. The van der Waals surface area contributed by atoms with Crippen LogP contribution < -0.4 is 9.64 Å². The quantitative estimate of drug-likeness (QED) is 0.587. The van der Waals surface area contributed by atoms with Crippen LogP contribution in [-0.4, -0.2) is 33.3 Å². The summed E-state index contributed by atoms with van der Waals surface area (Å²) in [5.74, 6) is 0.733. The maximum Gasteiger partial charge on any atom is 0.293 e. The van der Waals surface area contributed by atoms with Crippen LogP contribution in [0.2, 0.25) is 0 Å². The van der Waals surface area contributed by atoms with Gasteiger partial charge in [-0.1, -0.05) is 12.1 Å². The number of rotatable bonds is 5. The van der Waals surface area contributed by atoms with Gasteiger partial charge >= 0.3 is 0 Å². The highest BCUT2D eigenvalue weighted by Gasteiger charge is 2.31. The van der Waals surface area contributed by atoms with Crippen LogP contribution >= 0.6 is 0 Å². The van der Waals surface area contributed by atoms with Crippen molar-refractivity contribution < 1.29 is 18.1 Å². The number of hydrogen-bond acceptors (Lipinski definition) is 6. The zero-order valence-electron chi connectivity index (χ0n) is 14.6. The lowest BCUT2D eigenvalue weighted by Gasteiger charge is -2.27.